The summed E-state index contributed by atoms with van der Waals surface area (Å²) in [5.41, 5.74) is 8.11. The Balaban J connectivity index is 3.07. The van der Waals surface area contributed by atoms with Crippen molar-refractivity contribution in [2.45, 2.75) is 19.8 Å². The monoisotopic (exact) mass is 249 g/mol. The van der Waals surface area contributed by atoms with Crippen LogP contribution in [0.2, 0.25) is 0 Å². The number of nitrogens with zero attached hydrogens (tertiary/aromatic N) is 2. The van der Waals surface area contributed by atoms with E-state index < -0.39 is 0 Å². The Morgan fingerprint density at radius 3 is 2.50 bits per heavy atom. The maximum Gasteiger partial charge on any atom is 0.255 e. The average Bonchev–Trinajstić information content (AvgIpc) is 2.34. The second kappa shape index (κ2) is 6.28. The van der Waals surface area contributed by atoms with Crippen molar-refractivity contribution in [1.29, 1.82) is 0 Å². The molecule has 18 heavy (non-hydrogen) atoms. The Morgan fingerprint density at radius 1 is 1.28 bits per heavy atom. The van der Waals surface area contributed by atoms with Crippen LogP contribution in [0.4, 0.5) is 11.4 Å². The summed E-state index contributed by atoms with van der Waals surface area (Å²) in [5.74, 6) is 0.00773. The molecule has 0 aliphatic carbocycles. The lowest BCUT2D eigenvalue weighted by Gasteiger charge is -2.23. The molecule has 0 bridgehead atoms. The highest BCUT2D eigenvalue weighted by Gasteiger charge is 2.16. The second-order valence-corrected chi connectivity index (χ2v) is 4.75. The van der Waals surface area contributed by atoms with E-state index in [0.29, 0.717) is 11.3 Å². The maximum absolute atomic E-state index is 12.1. The number of hydrogen-bond acceptors (Lipinski definition) is 3. The van der Waals surface area contributed by atoms with Gasteiger partial charge >= 0.3 is 0 Å². The predicted molar refractivity (Wildman–Crippen MR) is 77.0 cm³/mol. The van der Waals surface area contributed by atoms with E-state index in [0.717, 1.165) is 25.1 Å². The highest BCUT2D eigenvalue weighted by molar-refractivity contribution is 6.00. The summed E-state index contributed by atoms with van der Waals surface area (Å²) in [4.78, 5) is 15.8. The largest absolute Gasteiger partial charge is 0.399 e. The molecule has 100 valence electrons. The van der Waals surface area contributed by atoms with Gasteiger partial charge in [0.1, 0.15) is 0 Å². The minimum absolute atomic E-state index is 0.00773. The first-order valence-electron chi connectivity index (χ1n) is 6.29. The van der Waals surface area contributed by atoms with Gasteiger partial charge in [-0.05, 0) is 24.6 Å². The molecule has 0 aliphatic rings. The van der Waals surface area contributed by atoms with E-state index in [-0.39, 0.29) is 5.91 Å². The van der Waals surface area contributed by atoms with E-state index in [4.69, 9.17) is 5.73 Å². The van der Waals surface area contributed by atoms with Crippen molar-refractivity contribution in [3.8, 4) is 0 Å². The van der Waals surface area contributed by atoms with Gasteiger partial charge < -0.3 is 15.5 Å². The number of carbonyl (C=O) groups is 1. The first-order valence-corrected chi connectivity index (χ1v) is 6.29. The van der Waals surface area contributed by atoms with Crippen LogP contribution in [0.3, 0.4) is 0 Å². The molecule has 0 atom stereocenters. The number of unbranched alkanes of at least 4 members (excludes halogenated alkanes) is 1. The number of nitrogens with two attached hydrogens (primary N) is 1. The molecular weight excluding hydrogens is 226 g/mol. The van der Waals surface area contributed by atoms with Crippen molar-refractivity contribution in [3.05, 3.63) is 23.8 Å². The molecule has 1 rings (SSSR count). The normalized spacial score (nSPS) is 10.2. The summed E-state index contributed by atoms with van der Waals surface area (Å²) in [6.07, 6.45) is 2.23. The summed E-state index contributed by atoms with van der Waals surface area (Å²) in [6, 6.07) is 5.44. The van der Waals surface area contributed by atoms with Crippen LogP contribution >= 0.6 is 0 Å². The van der Waals surface area contributed by atoms with E-state index in [1.165, 1.54) is 0 Å². The molecule has 4 heteroatoms. The third-order valence-corrected chi connectivity index (χ3v) is 2.92. The third kappa shape index (κ3) is 3.39. The van der Waals surface area contributed by atoms with Crippen LogP contribution in [0.1, 0.15) is 30.1 Å². The Kier molecular flexibility index (Phi) is 5.01. The van der Waals surface area contributed by atoms with Crippen molar-refractivity contribution >= 4 is 17.3 Å². The maximum atomic E-state index is 12.1. The van der Waals surface area contributed by atoms with E-state index in [2.05, 4.69) is 11.8 Å². The lowest BCUT2D eigenvalue weighted by atomic mass is 10.1. The van der Waals surface area contributed by atoms with Crippen molar-refractivity contribution in [2.75, 3.05) is 38.3 Å². The van der Waals surface area contributed by atoms with Gasteiger partial charge in [-0.1, -0.05) is 13.3 Å². The highest BCUT2D eigenvalue weighted by atomic mass is 16.2. The number of anilines is 2. The summed E-state index contributed by atoms with van der Waals surface area (Å²) in [7, 11) is 5.51. The Labute approximate surface area is 109 Å². The summed E-state index contributed by atoms with van der Waals surface area (Å²) in [5, 5.41) is 0. The van der Waals surface area contributed by atoms with Gasteiger partial charge in [-0.2, -0.15) is 0 Å². The molecule has 2 N–H and O–H groups in total. The number of hydrogen-bond donors (Lipinski definition) is 1. The molecule has 0 fully saturated rings. The molecule has 0 saturated carbocycles. The molecule has 0 aliphatic heterocycles. The average molecular weight is 249 g/mol. The van der Waals surface area contributed by atoms with Crippen molar-refractivity contribution in [1.82, 2.24) is 4.90 Å². The van der Waals surface area contributed by atoms with Gasteiger partial charge in [-0.15, -0.1) is 0 Å². The minimum Gasteiger partial charge on any atom is -0.399 e. The Bertz CT molecular complexity index is 416. The fourth-order valence-electron chi connectivity index (χ4n) is 1.80. The lowest BCUT2D eigenvalue weighted by Crippen LogP contribution is -2.26. The van der Waals surface area contributed by atoms with Gasteiger partial charge in [-0.3, -0.25) is 4.79 Å². The summed E-state index contributed by atoms with van der Waals surface area (Å²) in [6.45, 7) is 3.08. The number of benzene rings is 1. The van der Waals surface area contributed by atoms with Crippen LogP contribution in [0.15, 0.2) is 18.2 Å². The van der Waals surface area contributed by atoms with Crippen LogP contribution in [-0.4, -0.2) is 38.5 Å². The highest BCUT2D eigenvalue weighted by Crippen LogP contribution is 2.24. The fourth-order valence-corrected chi connectivity index (χ4v) is 1.80. The predicted octanol–water partition coefficient (Wildman–Crippen LogP) is 2.21. The molecular formula is C14H23N3O. The van der Waals surface area contributed by atoms with Gasteiger partial charge in [0.15, 0.2) is 0 Å². The molecule has 0 spiro atoms. The minimum atomic E-state index is 0.00773. The van der Waals surface area contributed by atoms with E-state index in [1.54, 1.807) is 31.1 Å². The van der Waals surface area contributed by atoms with E-state index in [9.17, 15) is 4.79 Å². The number of carbonyl (C=O) groups excluding carboxylic acids is 1. The third-order valence-electron chi connectivity index (χ3n) is 2.92. The fraction of sp³-hybridized carbons (Fsp3) is 0.500. The quantitative estimate of drug-likeness (QED) is 0.814. The SMILES string of the molecule is CCCCN(C)c1cc(N)ccc1C(=O)N(C)C. The number of amides is 1. The summed E-state index contributed by atoms with van der Waals surface area (Å²) < 4.78 is 0. The standard InChI is InChI=1S/C14H23N3O/c1-5-6-9-17(4)13-10-11(15)7-8-12(13)14(18)16(2)3/h7-8,10H,5-6,9,15H2,1-4H3. The first kappa shape index (κ1) is 14.4. The topological polar surface area (TPSA) is 49.6 Å². The zero-order valence-electron chi connectivity index (χ0n) is 11.7. The van der Waals surface area contributed by atoms with E-state index in [1.807, 2.05) is 13.1 Å². The number of nitrogen functional groups attached to an aromatic ring is 1. The molecule has 4 nitrogen and oxygen atoms in total. The molecule has 0 radical (unpaired) electrons. The zero-order chi connectivity index (χ0) is 13.7. The van der Waals surface area contributed by atoms with Crippen molar-refractivity contribution in [3.63, 3.8) is 0 Å². The second-order valence-electron chi connectivity index (χ2n) is 4.75. The first-order chi connectivity index (χ1) is 8.47. The van der Waals surface area contributed by atoms with Gasteiger partial charge in [-0.25, -0.2) is 0 Å². The van der Waals surface area contributed by atoms with Crippen molar-refractivity contribution < 1.29 is 4.79 Å². The van der Waals surface area contributed by atoms with Crippen LogP contribution < -0.4 is 10.6 Å². The van der Waals surface area contributed by atoms with Crippen molar-refractivity contribution in [2.24, 2.45) is 0 Å². The summed E-state index contributed by atoms with van der Waals surface area (Å²) >= 11 is 0. The van der Waals surface area contributed by atoms with Crippen LogP contribution in [0, 0.1) is 0 Å². The molecule has 0 saturated heterocycles. The smallest absolute Gasteiger partial charge is 0.255 e. The molecule has 1 aromatic carbocycles. The Hall–Kier alpha value is -1.71. The zero-order valence-corrected chi connectivity index (χ0v) is 11.7. The van der Waals surface area contributed by atoms with Gasteiger partial charge in [0, 0.05) is 33.4 Å². The van der Waals surface area contributed by atoms with E-state index >= 15 is 0 Å². The molecule has 1 aromatic rings. The Morgan fingerprint density at radius 2 is 1.94 bits per heavy atom. The molecule has 0 unspecified atom stereocenters. The van der Waals surface area contributed by atoms with Crippen LogP contribution in [-0.2, 0) is 0 Å². The number of rotatable bonds is 5. The van der Waals surface area contributed by atoms with Gasteiger partial charge in [0.2, 0.25) is 0 Å². The lowest BCUT2D eigenvalue weighted by molar-refractivity contribution is 0.0828. The molecule has 1 amide bonds. The molecule has 0 aromatic heterocycles. The van der Waals surface area contributed by atoms with Crippen LogP contribution in [0.5, 0.6) is 0 Å². The van der Waals surface area contributed by atoms with Crippen LogP contribution in [0.25, 0.3) is 0 Å². The molecule has 0 heterocycles. The van der Waals surface area contributed by atoms with Gasteiger partial charge in [0.25, 0.3) is 5.91 Å². The van der Waals surface area contributed by atoms with Gasteiger partial charge in [0.05, 0.1) is 11.3 Å².